The zero-order chi connectivity index (χ0) is 28.5. The van der Waals surface area contributed by atoms with Crippen LogP contribution in [0.2, 0.25) is 0 Å². The molecule has 11 nitrogen and oxygen atoms in total. The third-order valence-corrected chi connectivity index (χ3v) is 7.53. The first-order valence-corrected chi connectivity index (χ1v) is 14.0. The van der Waals surface area contributed by atoms with Crippen molar-refractivity contribution in [2.75, 3.05) is 62.8 Å². The summed E-state index contributed by atoms with van der Waals surface area (Å²) in [5.74, 6) is -0.900. The lowest BCUT2D eigenvalue weighted by Gasteiger charge is -2.38. The molecule has 1 amide bonds. The number of hydrogen-bond donors (Lipinski definition) is 2. The third kappa shape index (κ3) is 5.95. The number of nitrogens with one attached hydrogen (secondary N) is 2. The van der Waals surface area contributed by atoms with Crippen LogP contribution in [0.1, 0.15) is 24.2 Å². The topological polar surface area (TPSA) is 110 Å². The molecule has 41 heavy (non-hydrogen) atoms. The number of piperazine rings is 1. The van der Waals surface area contributed by atoms with Crippen LogP contribution < -0.4 is 20.3 Å². The van der Waals surface area contributed by atoms with Crippen molar-refractivity contribution in [1.82, 2.24) is 30.0 Å². The summed E-state index contributed by atoms with van der Waals surface area (Å²) in [7, 11) is 1.73. The lowest BCUT2D eigenvalue weighted by Crippen LogP contribution is -2.54. The van der Waals surface area contributed by atoms with Crippen LogP contribution in [-0.2, 0) is 11.8 Å². The van der Waals surface area contributed by atoms with Crippen LogP contribution >= 0.6 is 0 Å². The van der Waals surface area contributed by atoms with E-state index in [1.54, 1.807) is 36.3 Å². The minimum atomic E-state index is -0.501. The van der Waals surface area contributed by atoms with E-state index in [0.717, 1.165) is 43.8 Å². The summed E-state index contributed by atoms with van der Waals surface area (Å²) in [6.07, 6.45) is 3.44. The molecule has 2 fully saturated rings. The Morgan fingerprint density at radius 3 is 2.73 bits per heavy atom. The lowest BCUT2D eigenvalue weighted by molar-refractivity contribution is 0.0317. The maximum atomic E-state index is 14.7. The van der Waals surface area contributed by atoms with Crippen molar-refractivity contribution >= 4 is 39.1 Å². The van der Waals surface area contributed by atoms with Crippen molar-refractivity contribution in [3.05, 3.63) is 48.0 Å². The van der Waals surface area contributed by atoms with Gasteiger partial charge in [0.15, 0.2) is 5.82 Å². The Labute approximate surface area is 237 Å². The van der Waals surface area contributed by atoms with Gasteiger partial charge in [-0.15, -0.1) is 0 Å². The van der Waals surface area contributed by atoms with Gasteiger partial charge < -0.3 is 25.0 Å². The fourth-order valence-corrected chi connectivity index (χ4v) is 5.71. The van der Waals surface area contributed by atoms with E-state index in [9.17, 15) is 9.18 Å². The van der Waals surface area contributed by atoms with Crippen molar-refractivity contribution in [3.63, 3.8) is 0 Å². The van der Waals surface area contributed by atoms with Crippen LogP contribution in [0.15, 0.2) is 36.7 Å². The Morgan fingerprint density at radius 1 is 1.17 bits per heavy atom. The van der Waals surface area contributed by atoms with E-state index in [2.05, 4.69) is 44.4 Å². The maximum Gasteiger partial charge on any atom is 0.316 e. The molecule has 216 valence electrons. The van der Waals surface area contributed by atoms with E-state index in [4.69, 9.17) is 14.5 Å². The van der Waals surface area contributed by atoms with Gasteiger partial charge in [-0.1, -0.05) is 0 Å². The molecule has 0 saturated carbocycles. The van der Waals surface area contributed by atoms with Crippen molar-refractivity contribution in [1.29, 1.82) is 0 Å². The van der Waals surface area contributed by atoms with E-state index in [1.165, 1.54) is 6.07 Å². The summed E-state index contributed by atoms with van der Waals surface area (Å²) in [6, 6.07) is 7.52. The highest BCUT2D eigenvalue weighted by atomic mass is 19.1. The van der Waals surface area contributed by atoms with Gasteiger partial charge in [0.1, 0.15) is 12.1 Å². The molecule has 0 bridgehead atoms. The summed E-state index contributed by atoms with van der Waals surface area (Å²) in [4.78, 5) is 27.4. The number of ether oxygens (including phenoxy) is 2. The Hall–Kier alpha value is -3.87. The fraction of sp³-hybridized carbons (Fsp3) is 0.448. The second-order valence-corrected chi connectivity index (χ2v) is 10.9. The molecule has 2 aromatic carbocycles. The number of halogens is 1. The van der Waals surface area contributed by atoms with Gasteiger partial charge >= 0.3 is 6.01 Å². The molecular formula is C29H35FN8O3. The largest absolute Gasteiger partial charge is 0.462 e. The van der Waals surface area contributed by atoms with Crippen molar-refractivity contribution in [3.8, 4) is 6.01 Å². The molecule has 0 unspecified atom stereocenters. The standard InChI is InChI=1S/C29H35FN8O3/c1-18-15-38(16-19(2)32-18)25-5-4-22(28(39)33-21-12-20-17-36(3)35-26(20)24(30)13-21)27-23(25)14-31-29(34-27)41-11-8-37-6-9-40-10-7-37/h4-5,12-14,17-19,32H,6-11,15-16H2,1-3H3,(H,33,39)/t18-,19-/m0/s1. The molecule has 2 aromatic heterocycles. The first-order valence-electron chi connectivity index (χ1n) is 14.0. The number of hydrogen-bond acceptors (Lipinski definition) is 9. The smallest absolute Gasteiger partial charge is 0.316 e. The quantitative estimate of drug-likeness (QED) is 0.351. The molecule has 0 spiro atoms. The molecule has 2 atom stereocenters. The summed E-state index contributed by atoms with van der Waals surface area (Å²) in [5.41, 5.74) is 2.39. The Bertz CT molecular complexity index is 1560. The first kappa shape index (κ1) is 27.3. The molecule has 4 aromatic rings. The summed E-state index contributed by atoms with van der Waals surface area (Å²) in [5, 5.41) is 11.9. The lowest BCUT2D eigenvalue weighted by atomic mass is 10.0. The molecular weight excluding hydrogens is 527 g/mol. The number of aromatic nitrogens is 4. The highest BCUT2D eigenvalue weighted by molar-refractivity contribution is 6.14. The van der Waals surface area contributed by atoms with Crippen LogP contribution in [-0.4, -0.2) is 95.2 Å². The number of morpholine rings is 1. The van der Waals surface area contributed by atoms with E-state index >= 15 is 0 Å². The van der Waals surface area contributed by atoms with E-state index in [1.807, 2.05) is 6.07 Å². The molecule has 6 rings (SSSR count). The molecule has 2 aliphatic rings. The Balaban J connectivity index is 1.31. The number of anilines is 2. The van der Waals surface area contributed by atoms with Gasteiger partial charge in [-0.25, -0.2) is 9.37 Å². The van der Waals surface area contributed by atoms with Gasteiger partial charge in [0, 0.05) is 86.4 Å². The number of rotatable bonds is 7. The highest BCUT2D eigenvalue weighted by Crippen LogP contribution is 2.31. The molecule has 2 N–H and O–H groups in total. The van der Waals surface area contributed by atoms with Crippen molar-refractivity contribution in [2.24, 2.45) is 7.05 Å². The summed E-state index contributed by atoms with van der Waals surface area (Å²) < 4.78 is 27.6. The highest BCUT2D eigenvalue weighted by Gasteiger charge is 2.25. The number of amides is 1. The molecule has 2 saturated heterocycles. The van der Waals surface area contributed by atoms with Crippen LogP contribution in [0.5, 0.6) is 6.01 Å². The predicted molar refractivity (Wildman–Crippen MR) is 155 cm³/mol. The molecule has 12 heteroatoms. The van der Waals surface area contributed by atoms with E-state index < -0.39 is 11.7 Å². The van der Waals surface area contributed by atoms with E-state index in [-0.39, 0.29) is 11.5 Å². The van der Waals surface area contributed by atoms with Crippen LogP contribution in [0.25, 0.3) is 21.8 Å². The number of benzene rings is 2. The Morgan fingerprint density at radius 2 is 1.95 bits per heavy atom. The molecule has 0 radical (unpaired) electrons. The molecule has 0 aliphatic carbocycles. The van der Waals surface area contributed by atoms with Gasteiger partial charge in [0.25, 0.3) is 5.91 Å². The number of nitrogens with zero attached hydrogens (tertiary/aromatic N) is 6. The number of aryl methyl sites for hydroxylation is 1. The fourth-order valence-electron chi connectivity index (χ4n) is 5.71. The van der Waals surface area contributed by atoms with E-state index in [0.29, 0.717) is 54.1 Å². The third-order valence-electron chi connectivity index (χ3n) is 7.53. The van der Waals surface area contributed by atoms with Gasteiger partial charge in [-0.2, -0.15) is 10.1 Å². The molecule has 2 aliphatic heterocycles. The minimum absolute atomic E-state index is 0.210. The Kier molecular flexibility index (Phi) is 7.69. The average molecular weight is 563 g/mol. The monoisotopic (exact) mass is 562 g/mol. The van der Waals surface area contributed by atoms with Crippen LogP contribution in [0.4, 0.5) is 15.8 Å². The SMILES string of the molecule is C[C@H]1CN(c2ccc(C(=O)Nc3cc(F)c4nn(C)cc4c3)c3nc(OCCN4CCOCC4)ncc23)C[C@H](C)N1. The molecule has 4 heterocycles. The second kappa shape index (κ2) is 11.6. The van der Waals surface area contributed by atoms with Crippen molar-refractivity contribution < 1.29 is 18.7 Å². The van der Waals surface area contributed by atoms with Gasteiger partial charge in [-0.3, -0.25) is 14.4 Å². The maximum absolute atomic E-state index is 14.7. The van der Waals surface area contributed by atoms with Crippen LogP contribution in [0, 0.1) is 5.82 Å². The van der Waals surface area contributed by atoms with Gasteiger partial charge in [-0.05, 0) is 38.1 Å². The first-order chi connectivity index (χ1) is 19.8. The minimum Gasteiger partial charge on any atom is -0.462 e. The normalized spacial score (nSPS) is 20.0. The zero-order valence-corrected chi connectivity index (χ0v) is 23.6. The predicted octanol–water partition coefficient (Wildman–Crippen LogP) is 2.81. The summed E-state index contributed by atoms with van der Waals surface area (Å²) >= 11 is 0. The van der Waals surface area contributed by atoms with Crippen LogP contribution in [0.3, 0.4) is 0 Å². The second-order valence-electron chi connectivity index (χ2n) is 10.9. The van der Waals surface area contributed by atoms with Gasteiger partial charge in [0.2, 0.25) is 0 Å². The average Bonchev–Trinajstić information content (AvgIpc) is 3.33. The summed E-state index contributed by atoms with van der Waals surface area (Å²) in [6.45, 7) is 10.2. The number of carbonyl (C=O) groups is 1. The zero-order valence-electron chi connectivity index (χ0n) is 23.6. The van der Waals surface area contributed by atoms with Gasteiger partial charge in [0.05, 0.1) is 24.3 Å². The van der Waals surface area contributed by atoms with Crippen molar-refractivity contribution in [2.45, 2.75) is 25.9 Å². The number of carbonyl (C=O) groups excluding carboxylic acids is 1. The number of fused-ring (bicyclic) bond motifs is 2.